The standard InChI is InChI=1S/C26H26N4O8S/c1-14(24(33)34)10-29-22(32)20-19(21-27-8-9-37-21)15(2)39-23(20)30(25(29)35)13-18(16-6-4-3-5-7-16)38-26(36)28-11-17(31)12-28/h3-9,14,17-18,31H,10-13H2,1-2H3,(H,33,34)/t14?,18-/m0/s1. The van der Waals surface area contributed by atoms with Crippen LogP contribution >= 0.6 is 11.3 Å². The maximum Gasteiger partial charge on any atom is 0.410 e. The van der Waals surface area contributed by atoms with Gasteiger partial charge in [-0.05, 0) is 12.5 Å². The quantitative estimate of drug-likeness (QED) is 0.334. The molecule has 1 fully saturated rings. The molecule has 4 heterocycles. The Balaban J connectivity index is 1.67. The lowest BCUT2D eigenvalue weighted by atomic mass is 10.1. The molecule has 2 N–H and O–H groups in total. The van der Waals surface area contributed by atoms with Gasteiger partial charge in [0.05, 0.1) is 48.8 Å². The number of hydrogen-bond acceptors (Lipinski definition) is 9. The minimum absolute atomic E-state index is 0.145. The van der Waals surface area contributed by atoms with Crippen LogP contribution in [0.15, 0.2) is 56.8 Å². The third-order valence-electron chi connectivity index (χ3n) is 6.64. The van der Waals surface area contributed by atoms with E-state index in [-0.39, 0.29) is 37.5 Å². The van der Waals surface area contributed by atoms with Crippen molar-refractivity contribution < 1.29 is 29.0 Å². The molecule has 1 amide bonds. The van der Waals surface area contributed by atoms with Crippen LogP contribution in [0.5, 0.6) is 0 Å². The van der Waals surface area contributed by atoms with Gasteiger partial charge in [-0.15, -0.1) is 11.3 Å². The van der Waals surface area contributed by atoms with Crippen molar-refractivity contribution in [3.63, 3.8) is 0 Å². The van der Waals surface area contributed by atoms with E-state index in [2.05, 4.69) is 4.98 Å². The highest BCUT2D eigenvalue weighted by atomic mass is 32.1. The first kappa shape index (κ1) is 26.4. The molecule has 1 unspecified atom stereocenters. The van der Waals surface area contributed by atoms with Crippen molar-refractivity contribution in [3.8, 4) is 11.5 Å². The zero-order valence-corrected chi connectivity index (χ0v) is 22.0. The lowest BCUT2D eigenvalue weighted by Gasteiger charge is -2.36. The zero-order chi connectivity index (χ0) is 27.8. The van der Waals surface area contributed by atoms with E-state index in [4.69, 9.17) is 9.15 Å². The van der Waals surface area contributed by atoms with Crippen LogP contribution < -0.4 is 11.2 Å². The minimum atomic E-state index is -1.16. The number of fused-ring (bicyclic) bond motifs is 1. The van der Waals surface area contributed by atoms with Gasteiger partial charge >= 0.3 is 17.8 Å². The average molecular weight is 555 g/mol. The van der Waals surface area contributed by atoms with E-state index in [9.17, 15) is 29.4 Å². The Kier molecular flexibility index (Phi) is 7.10. The number of hydrogen-bond donors (Lipinski definition) is 2. The summed E-state index contributed by atoms with van der Waals surface area (Å²) < 4.78 is 13.5. The zero-order valence-electron chi connectivity index (χ0n) is 21.1. The summed E-state index contributed by atoms with van der Waals surface area (Å²) in [6, 6.07) is 8.86. The molecule has 5 rings (SSSR count). The molecular weight excluding hydrogens is 528 g/mol. The predicted octanol–water partition coefficient (Wildman–Crippen LogP) is 2.46. The van der Waals surface area contributed by atoms with Crippen LogP contribution in [-0.4, -0.2) is 60.5 Å². The van der Waals surface area contributed by atoms with Crippen LogP contribution in [0.1, 0.15) is 23.5 Å². The van der Waals surface area contributed by atoms with E-state index in [1.807, 2.05) is 0 Å². The van der Waals surface area contributed by atoms with Crippen LogP contribution in [0.2, 0.25) is 0 Å². The van der Waals surface area contributed by atoms with Crippen molar-refractivity contribution in [2.45, 2.75) is 39.1 Å². The molecule has 204 valence electrons. The number of oxazole rings is 1. The number of rotatable bonds is 8. The van der Waals surface area contributed by atoms with E-state index >= 15 is 0 Å². The number of aliphatic hydroxyl groups excluding tert-OH is 1. The number of carboxylic acids is 1. The summed E-state index contributed by atoms with van der Waals surface area (Å²) in [5, 5.41) is 19.3. The second-order valence-corrected chi connectivity index (χ2v) is 10.6. The predicted molar refractivity (Wildman–Crippen MR) is 141 cm³/mol. The largest absolute Gasteiger partial charge is 0.481 e. The maximum atomic E-state index is 13.8. The van der Waals surface area contributed by atoms with Crippen LogP contribution in [0.4, 0.5) is 4.79 Å². The monoisotopic (exact) mass is 554 g/mol. The average Bonchev–Trinajstić information content (AvgIpc) is 3.54. The van der Waals surface area contributed by atoms with Crippen LogP contribution in [-0.2, 0) is 22.6 Å². The minimum Gasteiger partial charge on any atom is -0.481 e. The number of carbonyl (C=O) groups excluding carboxylic acids is 1. The highest BCUT2D eigenvalue weighted by Gasteiger charge is 2.33. The van der Waals surface area contributed by atoms with Crippen molar-refractivity contribution in [3.05, 3.63) is 74.1 Å². The number of likely N-dealkylation sites (tertiary alicyclic amines) is 1. The summed E-state index contributed by atoms with van der Waals surface area (Å²) >= 11 is 1.19. The summed E-state index contributed by atoms with van der Waals surface area (Å²) in [6.07, 6.45) is 0.632. The number of amides is 1. The van der Waals surface area contributed by atoms with Crippen molar-refractivity contribution >= 4 is 33.6 Å². The first-order chi connectivity index (χ1) is 18.7. The number of carbonyl (C=O) groups is 2. The van der Waals surface area contributed by atoms with Crippen molar-refractivity contribution in [1.82, 2.24) is 19.0 Å². The van der Waals surface area contributed by atoms with Gasteiger partial charge in [0, 0.05) is 11.4 Å². The molecule has 1 saturated heterocycles. The summed E-state index contributed by atoms with van der Waals surface area (Å²) in [4.78, 5) is 58.4. The first-order valence-corrected chi connectivity index (χ1v) is 13.0. The molecule has 4 aromatic rings. The summed E-state index contributed by atoms with van der Waals surface area (Å²) in [5.74, 6) is -1.98. The summed E-state index contributed by atoms with van der Waals surface area (Å²) in [5.41, 5.74) is -0.347. The molecule has 0 spiro atoms. The molecule has 0 bridgehead atoms. The molecule has 1 aliphatic heterocycles. The Morgan fingerprint density at radius 3 is 2.51 bits per heavy atom. The Bertz CT molecular complexity index is 1630. The second kappa shape index (κ2) is 10.5. The number of β-amino-alcohol motifs (C(OH)–C–C–N with tert-alkyl or cyclic N) is 1. The van der Waals surface area contributed by atoms with Gasteiger partial charge in [0.2, 0.25) is 5.89 Å². The van der Waals surface area contributed by atoms with E-state index in [0.717, 1.165) is 4.57 Å². The number of aromatic nitrogens is 3. The Morgan fingerprint density at radius 1 is 1.18 bits per heavy atom. The number of thiophene rings is 1. The van der Waals surface area contributed by atoms with Gasteiger partial charge in [-0.25, -0.2) is 14.6 Å². The van der Waals surface area contributed by atoms with Crippen molar-refractivity contribution in [2.24, 2.45) is 5.92 Å². The smallest absolute Gasteiger partial charge is 0.410 e. The second-order valence-electron chi connectivity index (χ2n) is 9.44. The number of nitrogens with zero attached hydrogens (tertiary/aromatic N) is 4. The third kappa shape index (κ3) is 4.98. The van der Waals surface area contributed by atoms with Gasteiger partial charge in [-0.1, -0.05) is 37.3 Å². The SMILES string of the molecule is Cc1sc2c(c1-c1ncco1)c(=O)n(CC(C)C(=O)O)c(=O)n2C[C@H](OC(=O)N1CC(O)C1)c1ccccc1. The number of benzene rings is 1. The Morgan fingerprint density at radius 2 is 1.90 bits per heavy atom. The van der Waals surface area contributed by atoms with E-state index < -0.39 is 41.4 Å². The van der Waals surface area contributed by atoms with Gasteiger partial charge in [0.25, 0.3) is 5.56 Å². The highest BCUT2D eigenvalue weighted by molar-refractivity contribution is 7.19. The summed E-state index contributed by atoms with van der Waals surface area (Å²) in [6.45, 7) is 2.97. The normalized spacial score (nSPS) is 15.2. The highest BCUT2D eigenvalue weighted by Crippen LogP contribution is 2.36. The molecule has 0 radical (unpaired) electrons. The number of aliphatic hydroxyl groups is 1. The first-order valence-electron chi connectivity index (χ1n) is 12.2. The summed E-state index contributed by atoms with van der Waals surface area (Å²) in [7, 11) is 0. The topological polar surface area (TPSA) is 157 Å². The van der Waals surface area contributed by atoms with E-state index in [1.54, 1.807) is 37.3 Å². The third-order valence-corrected chi connectivity index (χ3v) is 7.77. The molecule has 39 heavy (non-hydrogen) atoms. The molecule has 1 aliphatic rings. The number of aryl methyl sites for hydroxylation is 1. The van der Waals surface area contributed by atoms with Gasteiger partial charge in [0.1, 0.15) is 17.2 Å². The molecule has 2 atom stereocenters. The fraction of sp³-hybridized carbons (Fsp3) is 0.346. The van der Waals surface area contributed by atoms with Gasteiger partial charge < -0.3 is 24.3 Å². The molecule has 3 aromatic heterocycles. The Labute approximate surface area is 225 Å². The van der Waals surface area contributed by atoms with Crippen LogP contribution in [0, 0.1) is 12.8 Å². The van der Waals surface area contributed by atoms with Crippen molar-refractivity contribution in [2.75, 3.05) is 13.1 Å². The number of aliphatic carboxylic acids is 1. The van der Waals surface area contributed by atoms with Crippen molar-refractivity contribution in [1.29, 1.82) is 0 Å². The van der Waals surface area contributed by atoms with Gasteiger partial charge in [-0.3, -0.25) is 18.7 Å². The van der Waals surface area contributed by atoms with Gasteiger partial charge in [0.15, 0.2) is 0 Å². The molecule has 12 nitrogen and oxygen atoms in total. The maximum absolute atomic E-state index is 13.8. The number of carboxylic acid groups (broad SMARTS) is 1. The molecule has 13 heteroatoms. The number of ether oxygens (including phenoxy) is 1. The van der Waals surface area contributed by atoms with E-state index in [1.165, 1.54) is 40.2 Å². The lowest BCUT2D eigenvalue weighted by Crippen LogP contribution is -2.54. The van der Waals surface area contributed by atoms with Gasteiger partial charge in [-0.2, -0.15) is 0 Å². The fourth-order valence-electron chi connectivity index (χ4n) is 4.50. The fourth-order valence-corrected chi connectivity index (χ4v) is 5.63. The van der Waals surface area contributed by atoms with Crippen LogP contribution in [0.3, 0.4) is 0 Å². The molecular formula is C26H26N4O8S. The van der Waals surface area contributed by atoms with E-state index in [0.29, 0.717) is 20.8 Å². The molecule has 0 aliphatic carbocycles. The molecule has 1 aromatic carbocycles. The van der Waals surface area contributed by atoms with Crippen LogP contribution in [0.25, 0.3) is 21.7 Å². The molecule has 0 saturated carbocycles. The Hall–Kier alpha value is -4.23. The lowest BCUT2D eigenvalue weighted by molar-refractivity contribution is -0.141.